The van der Waals surface area contributed by atoms with E-state index in [0.29, 0.717) is 24.6 Å². The molecule has 2 heterocycles. The molecule has 2 atom stereocenters. The summed E-state index contributed by atoms with van der Waals surface area (Å²) in [7, 11) is 0. The normalized spacial score (nSPS) is 20.3. The van der Waals surface area contributed by atoms with E-state index in [1.807, 2.05) is 20.8 Å². The highest BCUT2D eigenvalue weighted by atomic mass is 16.5. The first-order chi connectivity index (χ1) is 9.56. The van der Waals surface area contributed by atoms with Crippen LogP contribution in [-0.2, 0) is 16.0 Å². The molecule has 0 spiro atoms. The molecule has 6 nitrogen and oxygen atoms in total. The van der Waals surface area contributed by atoms with Crippen LogP contribution >= 0.6 is 0 Å². The number of ether oxygens (including phenoxy) is 1. The minimum Gasteiger partial charge on any atom is -0.376 e. The molecule has 0 aromatic carbocycles. The number of amides is 1. The quantitative estimate of drug-likeness (QED) is 0.860. The summed E-state index contributed by atoms with van der Waals surface area (Å²) in [6, 6.07) is 0.0545. The summed E-state index contributed by atoms with van der Waals surface area (Å²) < 4.78 is 10.7. The van der Waals surface area contributed by atoms with Crippen molar-refractivity contribution < 1.29 is 14.1 Å². The molecule has 2 rings (SSSR count). The Morgan fingerprint density at radius 2 is 2.25 bits per heavy atom. The Morgan fingerprint density at radius 3 is 2.85 bits per heavy atom. The molecule has 0 bridgehead atoms. The van der Waals surface area contributed by atoms with Gasteiger partial charge in [0.25, 0.3) is 0 Å². The fourth-order valence-electron chi connectivity index (χ4n) is 2.24. The van der Waals surface area contributed by atoms with Gasteiger partial charge in [0.15, 0.2) is 5.82 Å². The number of nitrogens with one attached hydrogen (secondary N) is 1. The fraction of sp³-hybridized carbons (Fsp3) is 0.786. The maximum absolute atomic E-state index is 11.9. The summed E-state index contributed by atoms with van der Waals surface area (Å²) in [4.78, 5) is 16.1. The van der Waals surface area contributed by atoms with Crippen molar-refractivity contribution in [2.75, 3.05) is 6.61 Å². The van der Waals surface area contributed by atoms with Crippen LogP contribution in [0.5, 0.6) is 0 Å². The zero-order valence-corrected chi connectivity index (χ0v) is 12.4. The topological polar surface area (TPSA) is 77.2 Å². The van der Waals surface area contributed by atoms with Crippen LogP contribution in [0.1, 0.15) is 57.7 Å². The lowest BCUT2D eigenvalue weighted by atomic mass is 10.1. The summed E-state index contributed by atoms with van der Waals surface area (Å²) in [5.74, 6) is 1.44. The van der Waals surface area contributed by atoms with Gasteiger partial charge in [0, 0.05) is 25.4 Å². The number of aryl methyl sites for hydroxylation is 1. The monoisotopic (exact) mass is 281 g/mol. The first-order valence-corrected chi connectivity index (χ1v) is 7.29. The van der Waals surface area contributed by atoms with Crippen LogP contribution in [0, 0.1) is 0 Å². The molecule has 0 radical (unpaired) electrons. The van der Waals surface area contributed by atoms with Gasteiger partial charge in [0.05, 0.1) is 12.1 Å². The van der Waals surface area contributed by atoms with Crippen molar-refractivity contribution >= 4 is 5.91 Å². The highest BCUT2D eigenvalue weighted by Crippen LogP contribution is 2.15. The van der Waals surface area contributed by atoms with Gasteiger partial charge in [-0.3, -0.25) is 4.79 Å². The van der Waals surface area contributed by atoms with Crippen LogP contribution in [-0.4, -0.2) is 34.8 Å². The summed E-state index contributed by atoms with van der Waals surface area (Å²) in [5.41, 5.74) is 0. The van der Waals surface area contributed by atoms with Gasteiger partial charge >= 0.3 is 0 Å². The third kappa shape index (κ3) is 4.03. The van der Waals surface area contributed by atoms with Crippen LogP contribution in [0.25, 0.3) is 0 Å². The number of rotatable bonds is 6. The van der Waals surface area contributed by atoms with E-state index in [0.717, 1.165) is 19.4 Å². The molecule has 1 aliphatic heterocycles. The molecule has 0 aliphatic carbocycles. The van der Waals surface area contributed by atoms with Crippen molar-refractivity contribution in [3.8, 4) is 0 Å². The molecular weight excluding hydrogens is 258 g/mol. The number of aromatic nitrogens is 2. The average Bonchev–Trinajstić information content (AvgIpc) is 3.07. The van der Waals surface area contributed by atoms with E-state index in [4.69, 9.17) is 9.26 Å². The van der Waals surface area contributed by atoms with Crippen LogP contribution in [0.2, 0.25) is 0 Å². The zero-order valence-electron chi connectivity index (χ0n) is 12.4. The van der Waals surface area contributed by atoms with E-state index < -0.39 is 0 Å². The smallest absolute Gasteiger partial charge is 0.227 e. The fourth-order valence-corrected chi connectivity index (χ4v) is 2.24. The van der Waals surface area contributed by atoms with E-state index >= 15 is 0 Å². The van der Waals surface area contributed by atoms with Gasteiger partial charge in [-0.1, -0.05) is 19.0 Å². The Balaban J connectivity index is 1.73. The van der Waals surface area contributed by atoms with Gasteiger partial charge in [0.1, 0.15) is 0 Å². The van der Waals surface area contributed by atoms with E-state index in [2.05, 4.69) is 15.5 Å². The number of nitrogens with zero attached hydrogens (tertiary/aromatic N) is 2. The van der Waals surface area contributed by atoms with Gasteiger partial charge in [-0.15, -0.1) is 0 Å². The molecule has 1 aromatic rings. The van der Waals surface area contributed by atoms with Crippen molar-refractivity contribution in [2.24, 2.45) is 0 Å². The molecule has 0 unspecified atom stereocenters. The van der Waals surface area contributed by atoms with Gasteiger partial charge < -0.3 is 14.6 Å². The molecule has 1 aromatic heterocycles. The van der Waals surface area contributed by atoms with E-state index in [9.17, 15) is 4.79 Å². The molecule has 0 saturated carbocycles. The third-order valence-electron chi connectivity index (χ3n) is 3.48. The molecule has 6 heteroatoms. The van der Waals surface area contributed by atoms with Crippen molar-refractivity contribution in [1.29, 1.82) is 0 Å². The molecule has 1 amide bonds. The Morgan fingerprint density at radius 1 is 1.45 bits per heavy atom. The van der Waals surface area contributed by atoms with Crippen LogP contribution in [0.4, 0.5) is 0 Å². The average molecular weight is 281 g/mol. The Hall–Kier alpha value is -1.43. The lowest BCUT2D eigenvalue weighted by Crippen LogP contribution is -2.40. The molecular formula is C14H23N3O3. The lowest BCUT2D eigenvalue weighted by Gasteiger charge is -2.19. The SMILES string of the molecule is CC(C)c1noc(CCC(=O)N[C@H](C)[C@@H]2CCCO2)n1. The lowest BCUT2D eigenvalue weighted by molar-refractivity contribution is -0.122. The number of carbonyl (C=O) groups excluding carboxylic acids is 1. The molecule has 1 saturated heterocycles. The standard InChI is InChI=1S/C14H23N3O3/c1-9(2)14-16-13(20-17-14)7-6-12(18)15-10(3)11-5-4-8-19-11/h9-11H,4-8H2,1-3H3,(H,15,18)/t10-,11+/m1/s1. The maximum atomic E-state index is 11.9. The van der Waals surface area contributed by atoms with Crippen molar-refractivity contribution in [1.82, 2.24) is 15.5 Å². The second-order valence-electron chi connectivity index (χ2n) is 5.61. The van der Waals surface area contributed by atoms with Gasteiger partial charge in [0.2, 0.25) is 11.8 Å². The van der Waals surface area contributed by atoms with E-state index in [1.165, 1.54) is 0 Å². The van der Waals surface area contributed by atoms with E-state index in [1.54, 1.807) is 0 Å². The maximum Gasteiger partial charge on any atom is 0.227 e. The third-order valence-corrected chi connectivity index (χ3v) is 3.48. The van der Waals surface area contributed by atoms with Gasteiger partial charge in [-0.05, 0) is 19.8 Å². The molecule has 20 heavy (non-hydrogen) atoms. The Bertz CT molecular complexity index is 439. The van der Waals surface area contributed by atoms with Crippen LogP contribution in [0.15, 0.2) is 4.52 Å². The molecule has 1 fully saturated rings. The number of hydrogen-bond donors (Lipinski definition) is 1. The Labute approximate surface area is 119 Å². The van der Waals surface area contributed by atoms with Gasteiger partial charge in [-0.2, -0.15) is 4.98 Å². The minimum absolute atomic E-state index is 0.00250. The second-order valence-corrected chi connectivity index (χ2v) is 5.61. The minimum atomic E-state index is -0.00250. The predicted octanol–water partition coefficient (Wildman–Crippen LogP) is 1.81. The first kappa shape index (κ1) is 15.0. The largest absolute Gasteiger partial charge is 0.376 e. The highest BCUT2D eigenvalue weighted by Gasteiger charge is 2.23. The second kappa shape index (κ2) is 6.83. The van der Waals surface area contributed by atoms with E-state index in [-0.39, 0.29) is 24.0 Å². The summed E-state index contributed by atoms with van der Waals surface area (Å²) >= 11 is 0. The number of hydrogen-bond acceptors (Lipinski definition) is 5. The van der Waals surface area contributed by atoms with Crippen molar-refractivity contribution in [3.05, 3.63) is 11.7 Å². The number of carbonyl (C=O) groups is 1. The summed E-state index contributed by atoms with van der Waals surface area (Å²) in [6.07, 6.45) is 3.07. The molecule has 1 N–H and O–H groups in total. The van der Waals surface area contributed by atoms with Crippen molar-refractivity contribution in [2.45, 2.75) is 64.5 Å². The van der Waals surface area contributed by atoms with Crippen LogP contribution in [0.3, 0.4) is 0 Å². The van der Waals surface area contributed by atoms with Gasteiger partial charge in [-0.25, -0.2) is 0 Å². The van der Waals surface area contributed by atoms with Crippen molar-refractivity contribution in [3.63, 3.8) is 0 Å². The Kier molecular flexibility index (Phi) is 5.11. The molecule has 112 valence electrons. The molecule has 1 aliphatic rings. The summed E-state index contributed by atoms with van der Waals surface area (Å²) in [6.45, 7) is 6.79. The first-order valence-electron chi connectivity index (χ1n) is 7.29. The zero-order chi connectivity index (χ0) is 14.5. The highest BCUT2D eigenvalue weighted by molar-refractivity contribution is 5.76. The van der Waals surface area contributed by atoms with Crippen LogP contribution < -0.4 is 5.32 Å². The predicted molar refractivity (Wildman–Crippen MR) is 73.3 cm³/mol. The summed E-state index contributed by atoms with van der Waals surface area (Å²) in [5, 5.41) is 6.85.